The van der Waals surface area contributed by atoms with Gasteiger partial charge in [0.15, 0.2) is 5.13 Å². The minimum absolute atomic E-state index is 0.0854. The van der Waals surface area contributed by atoms with Gasteiger partial charge in [0.2, 0.25) is 0 Å². The predicted molar refractivity (Wildman–Crippen MR) is 105 cm³/mol. The van der Waals surface area contributed by atoms with Gasteiger partial charge in [-0.15, -0.1) is 11.3 Å². The standard InChI is InChI=1S/C19H23N5O2S/c1-13(2)26-19(3,4)16-12-27-18(22-16)23-17(25)15-7-10-21-24(15)11-14-5-8-20-9-6-14/h5-10,12-13H,11H2,1-4H3,(H,22,23,25). The van der Waals surface area contributed by atoms with Crippen molar-refractivity contribution in [3.05, 3.63) is 59.1 Å². The number of pyridine rings is 1. The fraction of sp³-hybridized carbons (Fsp3) is 0.368. The molecule has 0 aliphatic heterocycles. The average molecular weight is 385 g/mol. The van der Waals surface area contributed by atoms with Gasteiger partial charge in [0.05, 0.1) is 18.3 Å². The third-order valence-electron chi connectivity index (χ3n) is 3.90. The van der Waals surface area contributed by atoms with Gasteiger partial charge >= 0.3 is 0 Å². The van der Waals surface area contributed by atoms with Crippen LogP contribution in [0.2, 0.25) is 0 Å². The van der Waals surface area contributed by atoms with E-state index in [9.17, 15) is 4.79 Å². The van der Waals surface area contributed by atoms with Crippen LogP contribution in [0.1, 0.15) is 49.4 Å². The molecule has 1 amide bonds. The molecule has 3 aromatic heterocycles. The van der Waals surface area contributed by atoms with Gasteiger partial charge < -0.3 is 4.74 Å². The first-order valence-corrected chi connectivity index (χ1v) is 9.59. The highest BCUT2D eigenvalue weighted by Crippen LogP contribution is 2.29. The second kappa shape index (κ2) is 7.98. The van der Waals surface area contributed by atoms with Crippen LogP contribution in [0.3, 0.4) is 0 Å². The summed E-state index contributed by atoms with van der Waals surface area (Å²) in [5.41, 5.74) is 1.77. The van der Waals surface area contributed by atoms with Gasteiger partial charge in [-0.1, -0.05) is 0 Å². The summed E-state index contributed by atoms with van der Waals surface area (Å²) < 4.78 is 7.57. The number of hydrogen-bond donors (Lipinski definition) is 1. The lowest BCUT2D eigenvalue weighted by molar-refractivity contribution is -0.0623. The van der Waals surface area contributed by atoms with E-state index in [1.54, 1.807) is 29.3 Å². The summed E-state index contributed by atoms with van der Waals surface area (Å²) >= 11 is 1.38. The molecular weight excluding hydrogens is 362 g/mol. The van der Waals surface area contributed by atoms with Gasteiger partial charge in [-0.3, -0.25) is 19.8 Å². The van der Waals surface area contributed by atoms with Gasteiger partial charge in [-0.25, -0.2) is 4.98 Å². The normalized spacial score (nSPS) is 11.7. The van der Waals surface area contributed by atoms with E-state index in [-0.39, 0.29) is 12.0 Å². The maximum Gasteiger partial charge on any atom is 0.275 e. The summed E-state index contributed by atoms with van der Waals surface area (Å²) in [6.45, 7) is 8.41. The van der Waals surface area contributed by atoms with E-state index in [4.69, 9.17) is 4.74 Å². The van der Waals surface area contributed by atoms with Crippen LogP contribution in [0.25, 0.3) is 0 Å². The molecule has 0 aromatic carbocycles. The van der Waals surface area contributed by atoms with E-state index in [1.807, 2.05) is 45.2 Å². The Balaban J connectivity index is 1.71. The highest BCUT2D eigenvalue weighted by atomic mass is 32.1. The Morgan fingerprint density at radius 1 is 1.26 bits per heavy atom. The van der Waals surface area contributed by atoms with Gasteiger partial charge in [-0.05, 0) is 51.5 Å². The number of anilines is 1. The first-order chi connectivity index (χ1) is 12.8. The van der Waals surface area contributed by atoms with Crippen LogP contribution in [0, 0.1) is 0 Å². The van der Waals surface area contributed by atoms with E-state index in [1.165, 1.54) is 11.3 Å². The summed E-state index contributed by atoms with van der Waals surface area (Å²) in [7, 11) is 0. The molecule has 142 valence electrons. The summed E-state index contributed by atoms with van der Waals surface area (Å²) in [5.74, 6) is -0.245. The molecule has 0 radical (unpaired) electrons. The van der Waals surface area contributed by atoms with E-state index in [2.05, 4.69) is 20.4 Å². The number of rotatable bonds is 7. The molecule has 1 N–H and O–H groups in total. The molecule has 3 aromatic rings. The number of nitrogens with zero attached hydrogens (tertiary/aromatic N) is 4. The van der Waals surface area contributed by atoms with Gasteiger partial charge in [-0.2, -0.15) is 5.10 Å². The van der Waals surface area contributed by atoms with Crippen molar-refractivity contribution in [3.8, 4) is 0 Å². The van der Waals surface area contributed by atoms with E-state index in [0.717, 1.165) is 11.3 Å². The SMILES string of the molecule is CC(C)OC(C)(C)c1csc(NC(=O)c2ccnn2Cc2ccncc2)n1. The van der Waals surface area contributed by atoms with Gasteiger partial charge in [0, 0.05) is 24.0 Å². The number of aromatic nitrogens is 4. The molecule has 0 fully saturated rings. The zero-order valence-electron chi connectivity index (χ0n) is 15.8. The zero-order chi connectivity index (χ0) is 19.4. The van der Waals surface area contributed by atoms with Crippen LogP contribution in [-0.2, 0) is 16.9 Å². The molecule has 0 bridgehead atoms. The quantitative estimate of drug-likeness (QED) is 0.671. The molecule has 7 nitrogen and oxygen atoms in total. The van der Waals surface area contributed by atoms with Crippen molar-refractivity contribution in [2.75, 3.05) is 5.32 Å². The molecule has 0 spiro atoms. The van der Waals surface area contributed by atoms with Crippen molar-refractivity contribution < 1.29 is 9.53 Å². The van der Waals surface area contributed by atoms with Crippen molar-refractivity contribution in [3.63, 3.8) is 0 Å². The number of carbonyl (C=O) groups excluding carboxylic acids is 1. The zero-order valence-corrected chi connectivity index (χ0v) is 16.7. The fourth-order valence-electron chi connectivity index (χ4n) is 2.73. The third kappa shape index (κ3) is 4.78. The molecule has 0 atom stereocenters. The minimum atomic E-state index is -0.517. The van der Waals surface area contributed by atoms with E-state index in [0.29, 0.717) is 17.4 Å². The molecule has 0 saturated carbocycles. The molecule has 3 rings (SSSR count). The van der Waals surface area contributed by atoms with Gasteiger partial charge in [0.25, 0.3) is 5.91 Å². The highest BCUT2D eigenvalue weighted by Gasteiger charge is 2.26. The molecule has 27 heavy (non-hydrogen) atoms. The lowest BCUT2D eigenvalue weighted by Gasteiger charge is -2.25. The molecule has 8 heteroatoms. The summed E-state index contributed by atoms with van der Waals surface area (Å²) in [5, 5.41) is 9.55. The Morgan fingerprint density at radius 2 is 2.00 bits per heavy atom. The Morgan fingerprint density at radius 3 is 2.70 bits per heavy atom. The number of hydrogen-bond acceptors (Lipinski definition) is 6. The lowest BCUT2D eigenvalue weighted by atomic mass is 10.1. The van der Waals surface area contributed by atoms with Crippen molar-refractivity contribution in [1.29, 1.82) is 0 Å². The summed E-state index contributed by atoms with van der Waals surface area (Å²) in [6.07, 6.45) is 5.14. The third-order valence-corrected chi connectivity index (χ3v) is 4.66. The van der Waals surface area contributed by atoms with Crippen molar-refractivity contribution in [1.82, 2.24) is 19.7 Å². The fourth-order valence-corrected chi connectivity index (χ4v) is 3.59. The molecular formula is C19H23N5O2S. The van der Waals surface area contributed by atoms with Crippen LogP contribution in [0.15, 0.2) is 42.2 Å². The Bertz CT molecular complexity index is 902. The Hall–Kier alpha value is -2.58. The second-order valence-corrected chi connectivity index (χ2v) is 7.76. The lowest BCUT2D eigenvalue weighted by Crippen LogP contribution is -2.26. The first-order valence-electron chi connectivity index (χ1n) is 8.71. The smallest absolute Gasteiger partial charge is 0.275 e. The molecule has 0 aliphatic carbocycles. The van der Waals surface area contributed by atoms with Crippen LogP contribution >= 0.6 is 11.3 Å². The number of amides is 1. The maximum atomic E-state index is 12.7. The maximum absolute atomic E-state index is 12.7. The second-order valence-electron chi connectivity index (χ2n) is 6.90. The Labute approximate surface area is 162 Å². The molecule has 0 aliphatic rings. The molecule has 0 saturated heterocycles. The number of ether oxygens (including phenoxy) is 1. The monoisotopic (exact) mass is 385 g/mol. The Kier molecular flexibility index (Phi) is 5.67. The van der Waals surface area contributed by atoms with E-state index < -0.39 is 5.60 Å². The van der Waals surface area contributed by atoms with Crippen LogP contribution in [0.4, 0.5) is 5.13 Å². The van der Waals surface area contributed by atoms with Gasteiger partial charge in [0.1, 0.15) is 11.3 Å². The highest BCUT2D eigenvalue weighted by molar-refractivity contribution is 7.14. The molecule has 3 heterocycles. The number of nitrogens with one attached hydrogen (secondary N) is 1. The summed E-state index contributed by atoms with van der Waals surface area (Å²) in [6, 6.07) is 5.48. The van der Waals surface area contributed by atoms with E-state index >= 15 is 0 Å². The average Bonchev–Trinajstić information content (AvgIpc) is 3.24. The minimum Gasteiger partial charge on any atom is -0.367 e. The topological polar surface area (TPSA) is 81.9 Å². The number of carbonyl (C=O) groups is 1. The number of thiazole rings is 1. The first kappa shape index (κ1) is 19.2. The van der Waals surface area contributed by atoms with Crippen molar-refractivity contribution in [2.24, 2.45) is 0 Å². The predicted octanol–water partition coefficient (Wildman–Crippen LogP) is 3.70. The summed E-state index contributed by atoms with van der Waals surface area (Å²) in [4.78, 5) is 21.2. The van der Waals surface area contributed by atoms with Crippen molar-refractivity contribution in [2.45, 2.75) is 45.9 Å². The van der Waals surface area contributed by atoms with Crippen LogP contribution < -0.4 is 5.32 Å². The van der Waals surface area contributed by atoms with Crippen LogP contribution in [-0.4, -0.2) is 31.8 Å². The largest absolute Gasteiger partial charge is 0.367 e. The molecule has 0 unspecified atom stereocenters. The van der Waals surface area contributed by atoms with Crippen molar-refractivity contribution >= 4 is 22.4 Å². The van der Waals surface area contributed by atoms with Crippen LogP contribution in [0.5, 0.6) is 0 Å².